The van der Waals surface area contributed by atoms with Crippen LogP contribution in [0.4, 0.5) is 10.5 Å². The molecule has 1 aromatic heterocycles. The van der Waals surface area contributed by atoms with E-state index >= 15 is 0 Å². The number of nitrogens with one attached hydrogen (secondary N) is 2. The summed E-state index contributed by atoms with van der Waals surface area (Å²) >= 11 is 0. The Hall–Kier alpha value is -4.37. The zero-order chi connectivity index (χ0) is 29.0. The molecule has 8 nitrogen and oxygen atoms in total. The molecule has 0 saturated heterocycles. The minimum absolute atomic E-state index is 0.0302. The molecule has 9 heteroatoms. The molecule has 3 aromatic carbocycles. The van der Waals surface area contributed by atoms with Gasteiger partial charge in [-0.1, -0.05) is 67.6 Å². The minimum atomic E-state index is -4.05. The highest BCUT2D eigenvalue weighted by Crippen LogP contribution is 2.48. The van der Waals surface area contributed by atoms with E-state index in [1.165, 1.54) is 12.1 Å². The van der Waals surface area contributed by atoms with Crippen molar-refractivity contribution in [3.05, 3.63) is 124 Å². The van der Waals surface area contributed by atoms with Gasteiger partial charge >= 0.3 is 11.7 Å². The van der Waals surface area contributed by atoms with Gasteiger partial charge in [0.15, 0.2) is 0 Å². The van der Waals surface area contributed by atoms with Crippen LogP contribution in [0, 0.1) is 5.92 Å². The van der Waals surface area contributed by atoms with E-state index in [1.807, 2.05) is 48.0 Å². The van der Waals surface area contributed by atoms with Gasteiger partial charge in [0.2, 0.25) is 0 Å². The number of aromatic hydroxyl groups is 1. The maximum atomic E-state index is 13.4. The molecule has 2 atom stereocenters. The fourth-order valence-corrected chi connectivity index (χ4v) is 6.12. The van der Waals surface area contributed by atoms with E-state index in [-0.39, 0.29) is 28.0 Å². The highest BCUT2D eigenvalue weighted by molar-refractivity contribution is 7.90. The molecule has 5 rings (SSSR count). The Morgan fingerprint density at radius 1 is 0.976 bits per heavy atom. The van der Waals surface area contributed by atoms with Gasteiger partial charge in [0.05, 0.1) is 10.5 Å². The number of anilines is 1. The third kappa shape index (κ3) is 6.69. The topological polar surface area (TPSA) is 126 Å². The van der Waals surface area contributed by atoms with Gasteiger partial charge in [-0.05, 0) is 67.0 Å². The van der Waals surface area contributed by atoms with Crippen molar-refractivity contribution in [1.82, 2.24) is 4.72 Å². The molecule has 1 aliphatic rings. The minimum Gasteiger partial charge on any atom is -0.507 e. The van der Waals surface area contributed by atoms with Crippen molar-refractivity contribution in [2.24, 2.45) is 5.92 Å². The molecule has 1 saturated carbocycles. The summed E-state index contributed by atoms with van der Waals surface area (Å²) in [6.07, 6.45) is 3.17. The molecule has 212 valence electrons. The molecule has 0 spiro atoms. The van der Waals surface area contributed by atoms with E-state index in [0.717, 1.165) is 24.8 Å². The Labute approximate surface area is 239 Å². The van der Waals surface area contributed by atoms with Crippen LogP contribution in [0.5, 0.6) is 5.75 Å². The van der Waals surface area contributed by atoms with Gasteiger partial charge in [-0.25, -0.2) is 22.7 Å². The summed E-state index contributed by atoms with van der Waals surface area (Å²) in [5.74, 6) is -0.0351. The maximum Gasteiger partial charge on any atom is 0.343 e. The summed E-state index contributed by atoms with van der Waals surface area (Å²) in [7, 11) is -4.05. The average Bonchev–Trinajstić information content (AvgIpc) is 3.79. The number of amides is 2. The lowest BCUT2D eigenvalue weighted by Crippen LogP contribution is -2.34. The molecule has 1 aliphatic carbocycles. The van der Waals surface area contributed by atoms with Crippen molar-refractivity contribution >= 4 is 21.7 Å². The van der Waals surface area contributed by atoms with Crippen LogP contribution in [0.25, 0.3) is 0 Å². The molecule has 0 aliphatic heterocycles. The van der Waals surface area contributed by atoms with E-state index in [1.54, 1.807) is 42.5 Å². The largest absolute Gasteiger partial charge is 0.507 e. The molecule has 3 N–H and O–H groups in total. The first-order valence-electron chi connectivity index (χ1n) is 13.6. The van der Waals surface area contributed by atoms with Crippen LogP contribution in [0.1, 0.15) is 60.5 Å². The number of sulfonamides is 1. The zero-order valence-electron chi connectivity index (χ0n) is 22.6. The maximum absolute atomic E-state index is 13.4. The first kappa shape index (κ1) is 28.2. The number of hydrogen-bond acceptors (Lipinski definition) is 6. The Morgan fingerprint density at radius 3 is 2.29 bits per heavy atom. The van der Waals surface area contributed by atoms with Crippen LogP contribution >= 0.6 is 0 Å². The summed E-state index contributed by atoms with van der Waals surface area (Å²) in [4.78, 5) is 25.9. The molecule has 2 unspecified atom stereocenters. The SMILES string of the molecule is CCC(Cc1ccccc1)c1cc(O)c(C(c2cccc(NC(=O)NS(=O)(=O)c3ccccc3)c2)C2CC2)c(=O)o1. The highest BCUT2D eigenvalue weighted by atomic mass is 32.2. The Balaban J connectivity index is 1.38. The average molecular weight is 573 g/mol. The summed E-state index contributed by atoms with van der Waals surface area (Å²) in [6, 6.07) is 25.0. The Kier molecular flexibility index (Phi) is 8.26. The van der Waals surface area contributed by atoms with Crippen molar-refractivity contribution in [3.8, 4) is 5.75 Å². The summed E-state index contributed by atoms with van der Waals surface area (Å²) in [6.45, 7) is 2.02. The predicted molar refractivity (Wildman–Crippen MR) is 157 cm³/mol. The van der Waals surface area contributed by atoms with E-state index in [9.17, 15) is 23.1 Å². The van der Waals surface area contributed by atoms with E-state index in [2.05, 4.69) is 5.32 Å². The zero-order valence-corrected chi connectivity index (χ0v) is 23.4. The van der Waals surface area contributed by atoms with Crippen LogP contribution in [-0.4, -0.2) is 19.6 Å². The van der Waals surface area contributed by atoms with Crippen molar-refractivity contribution in [2.45, 2.75) is 49.3 Å². The Morgan fingerprint density at radius 2 is 1.66 bits per heavy atom. The second-order valence-electron chi connectivity index (χ2n) is 10.3. The Bertz CT molecular complexity index is 1680. The van der Waals surface area contributed by atoms with Gasteiger partial charge in [-0.2, -0.15) is 0 Å². The second kappa shape index (κ2) is 12.0. The highest BCUT2D eigenvalue weighted by Gasteiger charge is 2.38. The van der Waals surface area contributed by atoms with Crippen LogP contribution < -0.4 is 15.7 Å². The number of carbonyl (C=O) groups excluding carboxylic acids is 1. The molecule has 1 heterocycles. The smallest absolute Gasteiger partial charge is 0.343 e. The first-order chi connectivity index (χ1) is 19.7. The summed E-state index contributed by atoms with van der Waals surface area (Å²) in [5.41, 5.74) is 1.80. The monoisotopic (exact) mass is 572 g/mol. The number of urea groups is 1. The molecular formula is C32H32N2O6S. The van der Waals surface area contributed by atoms with Crippen LogP contribution in [0.2, 0.25) is 0 Å². The van der Waals surface area contributed by atoms with E-state index in [0.29, 0.717) is 23.4 Å². The fraction of sp³-hybridized carbons (Fsp3) is 0.250. The second-order valence-corrected chi connectivity index (χ2v) is 12.0. The molecule has 0 radical (unpaired) electrons. The van der Waals surface area contributed by atoms with Crippen LogP contribution in [0.3, 0.4) is 0 Å². The van der Waals surface area contributed by atoms with Crippen LogP contribution in [0.15, 0.2) is 105 Å². The number of hydrogen-bond donors (Lipinski definition) is 3. The van der Waals surface area contributed by atoms with Crippen molar-refractivity contribution < 1.29 is 22.7 Å². The molecule has 2 amide bonds. The third-order valence-electron chi connectivity index (χ3n) is 7.39. The molecular weight excluding hydrogens is 540 g/mol. The van der Waals surface area contributed by atoms with Crippen molar-refractivity contribution in [1.29, 1.82) is 0 Å². The third-order valence-corrected chi connectivity index (χ3v) is 8.74. The number of carbonyl (C=O) groups is 1. The van der Waals surface area contributed by atoms with Gasteiger partial charge in [0.1, 0.15) is 11.5 Å². The lowest BCUT2D eigenvalue weighted by molar-refractivity contribution is 0.256. The van der Waals surface area contributed by atoms with E-state index in [4.69, 9.17) is 4.42 Å². The van der Waals surface area contributed by atoms with E-state index < -0.39 is 27.6 Å². The summed E-state index contributed by atoms with van der Waals surface area (Å²) < 4.78 is 32.9. The quantitative estimate of drug-likeness (QED) is 0.210. The fourth-order valence-electron chi connectivity index (χ4n) is 5.19. The van der Waals surface area contributed by atoms with Crippen molar-refractivity contribution in [3.63, 3.8) is 0 Å². The van der Waals surface area contributed by atoms with Gasteiger partial charge in [0.25, 0.3) is 10.0 Å². The molecule has 41 heavy (non-hydrogen) atoms. The first-order valence-corrected chi connectivity index (χ1v) is 15.1. The van der Waals surface area contributed by atoms with Gasteiger partial charge in [0, 0.05) is 23.6 Å². The lowest BCUT2D eigenvalue weighted by atomic mass is 9.86. The molecule has 4 aromatic rings. The van der Waals surface area contributed by atoms with Crippen molar-refractivity contribution in [2.75, 3.05) is 5.32 Å². The van der Waals surface area contributed by atoms with Gasteiger partial charge in [-0.15, -0.1) is 0 Å². The number of rotatable bonds is 10. The molecule has 0 bridgehead atoms. The van der Waals surface area contributed by atoms with Gasteiger partial charge in [-0.3, -0.25) is 0 Å². The normalized spacial score (nSPS) is 14.7. The lowest BCUT2D eigenvalue weighted by Gasteiger charge is -2.20. The standard InChI is InChI=1S/C32H32N2O6S/c1-2-22(18-21-10-5-3-6-11-21)28-20-27(35)30(31(36)40-28)29(23-16-17-23)24-12-9-13-25(19-24)33-32(37)34-41(38,39)26-14-7-4-8-15-26/h3-15,19-20,22-23,29,35H,2,16-18H2,1H3,(H2,33,34,37). The predicted octanol–water partition coefficient (Wildman–Crippen LogP) is 6.13. The molecule has 1 fully saturated rings. The van der Waals surface area contributed by atoms with Gasteiger partial charge < -0.3 is 14.8 Å². The van der Waals surface area contributed by atoms with Crippen LogP contribution in [-0.2, 0) is 16.4 Å². The summed E-state index contributed by atoms with van der Waals surface area (Å²) in [5, 5.41) is 13.7. The number of benzene rings is 3.